The first-order valence-electron chi connectivity index (χ1n) is 2.18. The zero-order chi connectivity index (χ0) is 7.28. The van der Waals surface area contributed by atoms with Crippen LogP contribution in [0.2, 0.25) is 0 Å². The Labute approximate surface area is 75.1 Å². The molecular weight excluding hydrogens is 275 g/mol. The van der Waals surface area contributed by atoms with E-state index in [0.29, 0.717) is 10.7 Å². The van der Waals surface area contributed by atoms with Crippen molar-refractivity contribution in [3.63, 3.8) is 0 Å². The Kier molecular flexibility index (Phi) is 5.94. The molecule has 0 saturated carbocycles. The summed E-state index contributed by atoms with van der Waals surface area (Å²) in [6, 6.07) is 0. The van der Waals surface area contributed by atoms with Gasteiger partial charge in [0.25, 0.3) is 0 Å². The van der Waals surface area contributed by atoms with E-state index in [1.807, 2.05) is 0 Å². The average molecular weight is 280 g/mol. The molecule has 0 radical (unpaired) electrons. The van der Waals surface area contributed by atoms with Gasteiger partial charge in [-0.2, -0.15) is 0 Å². The van der Waals surface area contributed by atoms with Gasteiger partial charge < -0.3 is 4.74 Å². The van der Waals surface area contributed by atoms with Crippen LogP contribution < -0.4 is 0 Å². The zero-order valence-corrected chi connectivity index (χ0v) is 8.37. The van der Waals surface area contributed by atoms with Crippen molar-refractivity contribution in [3.8, 4) is 0 Å². The summed E-state index contributed by atoms with van der Waals surface area (Å²) in [5.41, 5.74) is -0.765. The first-order valence-corrected chi connectivity index (χ1v) is 4.80. The van der Waals surface area contributed by atoms with Crippen molar-refractivity contribution in [2.24, 2.45) is 0 Å². The molecule has 0 aromatic carbocycles. The Morgan fingerprint density at radius 2 is 2.00 bits per heavy atom. The molecule has 0 N–H and O–H groups in total. The molecule has 0 aliphatic rings. The van der Waals surface area contributed by atoms with Crippen LogP contribution in [0.5, 0.6) is 0 Å². The van der Waals surface area contributed by atoms with E-state index in [0.717, 1.165) is 0 Å². The smallest absolute Gasteiger partial charge is 0.404 e. The summed E-state index contributed by atoms with van der Waals surface area (Å²) in [4.78, 5) is 10.1. The van der Waals surface area contributed by atoms with E-state index in [1.54, 1.807) is 0 Å². The molecule has 0 saturated heterocycles. The highest BCUT2D eigenvalue weighted by atomic mass is 79.9. The predicted molar refractivity (Wildman–Crippen MR) is 43.7 cm³/mol. The molecule has 0 aliphatic carbocycles. The molecule has 54 valence electrons. The van der Waals surface area contributed by atoms with E-state index < -0.39 is 5.43 Å². The fourth-order valence-electron chi connectivity index (χ4n) is 0.235. The van der Waals surface area contributed by atoms with Crippen molar-refractivity contribution < 1.29 is 9.53 Å². The highest BCUT2D eigenvalue weighted by Crippen LogP contribution is 2.03. The van der Waals surface area contributed by atoms with Crippen molar-refractivity contribution in [3.05, 3.63) is 0 Å². The van der Waals surface area contributed by atoms with Gasteiger partial charge in [0.2, 0.25) is 0 Å². The van der Waals surface area contributed by atoms with Gasteiger partial charge in [-0.15, -0.1) is 0 Å². The highest BCUT2D eigenvalue weighted by molar-refractivity contribution is 9.09. The van der Waals surface area contributed by atoms with Crippen molar-refractivity contribution in [2.75, 3.05) is 10.7 Å². The van der Waals surface area contributed by atoms with Crippen molar-refractivity contribution in [1.29, 1.82) is 0 Å². The van der Waals surface area contributed by atoms with E-state index in [4.69, 9.17) is 11.6 Å². The van der Waals surface area contributed by atoms with Crippen LogP contribution >= 0.6 is 43.5 Å². The molecule has 0 heterocycles. The number of halogens is 3. The fraction of sp³-hybridized carbons (Fsp3) is 0.750. The van der Waals surface area contributed by atoms with Gasteiger partial charge in [-0.05, 0) is 0 Å². The lowest BCUT2D eigenvalue weighted by Gasteiger charge is -2.07. The van der Waals surface area contributed by atoms with Crippen LogP contribution in [0, 0.1) is 0 Å². The molecule has 0 aliphatic heterocycles. The number of hydrogen-bond donors (Lipinski definition) is 0. The maximum absolute atomic E-state index is 10.1. The van der Waals surface area contributed by atoms with Gasteiger partial charge in [-0.3, -0.25) is 0 Å². The maximum atomic E-state index is 10.1. The summed E-state index contributed by atoms with van der Waals surface area (Å²) in [6.07, 6.45) is -0.171. The number of ether oxygens (including phenoxy) is 1. The van der Waals surface area contributed by atoms with Crippen LogP contribution in [0.15, 0.2) is 0 Å². The van der Waals surface area contributed by atoms with E-state index in [2.05, 4.69) is 36.6 Å². The van der Waals surface area contributed by atoms with Gasteiger partial charge in [0.15, 0.2) is 0 Å². The largest absolute Gasteiger partial charge is 0.449 e. The first kappa shape index (κ1) is 9.72. The summed E-state index contributed by atoms with van der Waals surface area (Å²) in [7, 11) is 0. The molecule has 9 heavy (non-hydrogen) atoms. The van der Waals surface area contributed by atoms with Gasteiger partial charge in [0.1, 0.15) is 6.10 Å². The maximum Gasteiger partial charge on any atom is 0.404 e. The number of hydrogen-bond acceptors (Lipinski definition) is 2. The highest BCUT2D eigenvalue weighted by Gasteiger charge is 2.08. The Morgan fingerprint density at radius 1 is 1.56 bits per heavy atom. The minimum Gasteiger partial charge on any atom is -0.449 e. The molecule has 0 bridgehead atoms. The summed E-state index contributed by atoms with van der Waals surface area (Å²) in [5.74, 6) is 0. The Balaban J connectivity index is 3.43. The lowest BCUT2D eigenvalue weighted by Crippen LogP contribution is -2.17. The molecule has 0 fully saturated rings. The third kappa shape index (κ3) is 5.18. The van der Waals surface area contributed by atoms with Crippen LogP contribution in [0.25, 0.3) is 0 Å². The number of alkyl halides is 2. The molecule has 5 heteroatoms. The number of rotatable bonds is 3. The van der Waals surface area contributed by atoms with Gasteiger partial charge >= 0.3 is 5.43 Å². The van der Waals surface area contributed by atoms with Crippen LogP contribution in [0.3, 0.4) is 0 Å². The molecular formula is C4H5Br2ClO2. The third-order valence-electron chi connectivity index (χ3n) is 0.604. The van der Waals surface area contributed by atoms with Crippen molar-refractivity contribution in [1.82, 2.24) is 0 Å². The summed E-state index contributed by atoms with van der Waals surface area (Å²) in [6.45, 7) is 0. The topological polar surface area (TPSA) is 26.3 Å². The van der Waals surface area contributed by atoms with Crippen molar-refractivity contribution in [2.45, 2.75) is 6.10 Å². The average Bonchev–Trinajstić information content (AvgIpc) is 1.82. The van der Waals surface area contributed by atoms with E-state index in [1.165, 1.54) is 0 Å². The molecule has 2 nitrogen and oxygen atoms in total. The Hall–Kier alpha value is 0.720. The van der Waals surface area contributed by atoms with Crippen molar-refractivity contribution >= 4 is 48.9 Å². The van der Waals surface area contributed by atoms with E-state index >= 15 is 0 Å². The van der Waals surface area contributed by atoms with Gasteiger partial charge in [-0.25, -0.2) is 4.79 Å². The number of carbonyl (C=O) groups is 1. The van der Waals surface area contributed by atoms with Crippen LogP contribution in [0.1, 0.15) is 0 Å². The summed E-state index contributed by atoms with van der Waals surface area (Å²) >= 11 is 11.2. The molecule has 0 unspecified atom stereocenters. The van der Waals surface area contributed by atoms with E-state index in [9.17, 15) is 4.79 Å². The molecule has 0 aromatic heterocycles. The lowest BCUT2D eigenvalue weighted by molar-refractivity contribution is 0.146. The molecule has 0 spiro atoms. The normalized spacial score (nSPS) is 9.78. The van der Waals surface area contributed by atoms with Gasteiger partial charge in [0, 0.05) is 22.3 Å². The monoisotopic (exact) mass is 278 g/mol. The van der Waals surface area contributed by atoms with Crippen LogP contribution in [-0.4, -0.2) is 22.2 Å². The molecule has 0 rings (SSSR count). The third-order valence-corrected chi connectivity index (χ3v) is 2.14. The van der Waals surface area contributed by atoms with Crippen LogP contribution in [0.4, 0.5) is 4.79 Å². The quantitative estimate of drug-likeness (QED) is 0.586. The minimum absolute atomic E-state index is 0.171. The Bertz CT molecular complexity index is 94.6. The second kappa shape index (κ2) is 5.50. The zero-order valence-electron chi connectivity index (χ0n) is 4.44. The predicted octanol–water partition coefficient (Wildman–Crippen LogP) is 2.52. The summed E-state index contributed by atoms with van der Waals surface area (Å²) < 4.78 is 4.58. The second-order valence-corrected chi connectivity index (χ2v) is 2.89. The minimum atomic E-state index is -0.765. The SMILES string of the molecule is O=C(Cl)OC(CBr)CBr. The number of carbonyl (C=O) groups excluding carboxylic acids is 1. The van der Waals surface area contributed by atoms with E-state index in [-0.39, 0.29) is 6.10 Å². The summed E-state index contributed by atoms with van der Waals surface area (Å²) in [5, 5.41) is 1.19. The van der Waals surface area contributed by atoms with Crippen LogP contribution in [-0.2, 0) is 4.74 Å². The van der Waals surface area contributed by atoms with Gasteiger partial charge in [0.05, 0.1) is 0 Å². The Morgan fingerprint density at radius 3 is 2.11 bits per heavy atom. The first-order chi connectivity index (χ1) is 4.20. The second-order valence-electron chi connectivity index (χ2n) is 1.29. The standard InChI is InChI=1S/C4H5Br2ClO2/c5-1-3(2-6)9-4(7)8/h3H,1-2H2. The van der Waals surface area contributed by atoms with Gasteiger partial charge in [-0.1, -0.05) is 31.9 Å². The molecule has 0 amide bonds. The molecule has 0 atom stereocenters. The fourth-order valence-corrected chi connectivity index (χ4v) is 1.70. The lowest BCUT2D eigenvalue weighted by atomic mass is 10.5. The molecule has 0 aromatic rings.